The van der Waals surface area contributed by atoms with Crippen LogP contribution in [0.1, 0.15) is 6.92 Å². The summed E-state index contributed by atoms with van der Waals surface area (Å²) >= 11 is 0. The first-order chi connectivity index (χ1) is 6.61. The van der Waals surface area contributed by atoms with Gasteiger partial charge in [-0.15, -0.1) is 0 Å². The molecule has 2 aliphatic heterocycles. The van der Waals surface area contributed by atoms with Crippen molar-refractivity contribution in [3.8, 4) is 0 Å². The summed E-state index contributed by atoms with van der Waals surface area (Å²) in [6.07, 6.45) is 0. The van der Waals surface area contributed by atoms with Gasteiger partial charge in [-0.1, -0.05) is 0 Å². The van der Waals surface area contributed by atoms with Crippen LogP contribution in [0.3, 0.4) is 0 Å². The lowest BCUT2D eigenvalue weighted by molar-refractivity contribution is -0.129. The summed E-state index contributed by atoms with van der Waals surface area (Å²) in [7, 11) is 1.74. The molecule has 1 saturated heterocycles. The van der Waals surface area contributed by atoms with Crippen molar-refractivity contribution in [2.75, 3.05) is 26.7 Å². The highest BCUT2D eigenvalue weighted by molar-refractivity contribution is 6.00. The van der Waals surface area contributed by atoms with Crippen molar-refractivity contribution in [3.05, 3.63) is 11.5 Å². The fourth-order valence-corrected chi connectivity index (χ4v) is 1.71. The van der Waals surface area contributed by atoms with E-state index in [4.69, 9.17) is 0 Å². The zero-order valence-electron chi connectivity index (χ0n) is 8.32. The molecule has 0 unspecified atom stereocenters. The van der Waals surface area contributed by atoms with Gasteiger partial charge in [0.25, 0.3) is 5.91 Å². The molecule has 1 N–H and O–H groups in total. The van der Waals surface area contributed by atoms with Crippen LogP contribution in [0, 0.1) is 0 Å². The number of hydrogen-bond acceptors (Lipinski definition) is 4. The van der Waals surface area contributed by atoms with E-state index >= 15 is 0 Å². The zero-order valence-corrected chi connectivity index (χ0v) is 8.32. The maximum atomic E-state index is 11.7. The molecule has 1 amide bonds. The summed E-state index contributed by atoms with van der Waals surface area (Å²) in [5, 5.41) is 9.59. The number of rotatable bonds is 0. The second-order valence-electron chi connectivity index (χ2n) is 3.54. The van der Waals surface area contributed by atoms with E-state index in [1.54, 1.807) is 16.8 Å². The Morgan fingerprint density at radius 1 is 1.43 bits per heavy atom. The van der Waals surface area contributed by atoms with Crippen LogP contribution in [0.2, 0.25) is 0 Å². The lowest BCUT2D eigenvalue weighted by Crippen LogP contribution is -2.50. The maximum Gasteiger partial charge on any atom is 0.273 e. The van der Waals surface area contributed by atoms with Gasteiger partial charge in [-0.25, -0.2) is 0 Å². The van der Waals surface area contributed by atoms with Crippen molar-refractivity contribution in [1.29, 1.82) is 0 Å². The van der Waals surface area contributed by atoms with Crippen LogP contribution in [-0.2, 0) is 4.79 Å². The highest BCUT2D eigenvalue weighted by Gasteiger charge is 2.33. The minimum absolute atomic E-state index is 0.0761. The minimum atomic E-state index is -0.122. The molecule has 2 rings (SSSR count). The number of aliphatic hydroxyl groups is 1. The van der Waals surface area contributed by atoms with Crippen LogP contribution in [0.25, 0.3) is 0 Å². The Hall–Kier alpha value is -1.52. The first-order valence-corrected chi connectivity index (χ1v) is 4.57. The number of nitrogens with zero attached hydrogens (tertiary/aromatic N) is 3. The molecule has 0 spiro atoms. The molecule has 0 aliphatic carbocycles. The number of amides is 1. The Labute approximate surface area is 82.3 Å². The van der Waals surface area contributed by atoms with Crippen molar-refractivity contribution in [2.45, 2.75) is 6.92 Å². The maximum absolute atomic E-state index is 11.7. The van der Waals surface area contributed by atoms with E-state index in [0.29, 0.717) is 18.8 Å². The van der Waals surface area contributed by atoms with Gasteiger partial charge in [0.15, 0.2) is 0 Å². The Morgan fingerprint density at radius 3 is 2.86 bits per heavy atom. The van der Waals surface area contributed by atoms with Gasteiger partial charge in [0.1, 0.15) is 23.8 Å². The molecule has 5 nitrogen and oxygen atoms in total. The van der Waals surface area contributed by atoms with Gasteiger partial charge >= 0.3 is 0 Å². The van der Waals surface area contributed by atoms with E-state index in [-0.39, 0.29) is 18.2 Å². The summed E-state index contributed by atoms with van der Waals surface area (Å²) in [6.45, 7) is 3.45. The van der Waals surface area contributed by atoms with E-state index in [1.807, 2.05) is 6.92 Å². The molecule has 0 aromatic carbocycles. The molecule has 0 aromatic rings. The van der Waals surface area contributed by atoms with Gasteiger partial charge in [-0.2, -0.15) is 0 Å². The first-order valence-electron chi connectivity index (χ1n) is 4.57. The third kappa shape index (κ3) is 1.16. The normalized spacial score (nSPS) is 22.4. The Morgan fingerprint density at radius 2 is 2.14 bits per heavy atom. The monoisotopic (exact) mass is 195 g/mol. The van der Waals surface area contributed by atoms with Gasteiger partial charge in [0.05, 0.1) is 0 Å². The summed E-state index contributed by atoms with van der Waals surface area (Å²) < 4.78 is 0. The van der Waals surface area contributed by atoms with Crippen LogP contribution in [0.5, 0.6) is 0 Å². The number of carbonyl (C=O) groups is 1. The first kappa shape index (κ1) is 9.05. The molecule has 0 bridgehead atoms. The van der Waals surface area contributed by atoms with E-state index < -0.39 is 0 Å². The van der Waals surface area contributed by atoms with Crippen molar-refractivity contribution in [2.24, 2.45) is 4.99 Å². The van der Waals surface area contributed by atoms with Gasteiger partial charge in [0.2, 0.25) is 0 Å². The molecule has 0 radical (unpaired) electrons. The average Bonchev–Trinajstić information content (AvgIpc) is 2.16. The predicted octanol–water partition coefficient (Wildman–Crippen LogP) is -0.0380. The zero-order chi connectivity index (χ0) is 10.3. The van der Waals surface area contributed by atoms with Crippen molar-refractivity contribution < 1.29 is 9.90 Å². The van der Waals surface area contributed by atoms with Crippen molar-refractivity contribution in [3.63, 3.8) is 0 Å². The third-order valence-electron chi connectivity index (χ3n) is 2.60. The number of aliphatic hydroxyl groups excluding tert-OH is 1. The molecule has 2 aliphatic rings. The van der Waals surface area contributed by atoms with Gasteiger partial charge < -0.3 is 14.9 Å². The molecule has 76 valence electrons. The SMILES string of the molecule is CC1=NCC(O)=C2C(=O)N(C)CCN12. The summed E-state index contributed by atoms with van der Waals surface area (Å²) in [5.74, 6) is 0.759. The second-order valence-corrected chi connectivity index (χ2v) is 3.54. The Balaban J connectivity index is 2.39. The molecular formula is C9H13N3O2. The fraction of sp³-hybridized carbons (Fsp3) is 0.556. The minimum Gasteiger partial charge on any atom is -0.508 e. The van der Waals surface area contributed by atoms with E-state index in [9.17, 15) is 9.90 Å². The number of aliphatic imine (C=N–C) groups is 1. The second kappa shape index (κ2) is 3.01. The Kier molecular flexibility index (Phi) is 1.94. The van der Waals surface area contributed by atoms with Gasteiger partial charge in [-0.05, 0) is 6.92 Å². The van der Waals surface area contributed by atoms with Crippen LogP contribution in [0.4, 0.5) is 0 Å². The largest absolute Gasteiger partial charge is 0.508 e. The Bertz CT molecular complexity index is 346. The fourth-order valence-electron chi connectivity index (χ4n) is 1.71. The average molecular weight is 195 g/mol. The molecule has 0 aromatic heterocycles. The summed E-state index contributed by atoms with van der Waals surface area (Å²) in [5.41, 5.74) is 0.395. The quantitative estimate of drug-likeness (QED) is 0.590. The number of piperazine rings is 1. The van der Waals surface area contributed by atoms with Crippen LogP contribution in [0.15, 0.2) is 16.4 Å². The number of amidine groups is 1. The molecular weight excluding hydrogens is 182 g/mol. The van der Waals surface area contributed by atoms with Crippen molar-refractivity contribution in [1.82, 2.24) is 9.80 Å². The summed E-state index contributed by atoms with van der Waals surface area (Å²) in [4.78, 5) is 19.2. The highest BCUT2D eigenvalue weighted by Crippen LogP contribution is 2.20. The molecule has 1 fully saturated rings. The molecule has 2 heterocycles. The summed E-state index contributed by atoms with van der Waals surface area (Å²) in [6, 6.07) is 0. The highest BCUT2D eigenvalue weighted by atomic mass is 16.3. The van der Waals surface area contributed by atoms with Gasteiger partial charge in [0, 0.05) is 20.1 Å². The van der Waals surface area contributed by atoms with Crippen LogP contribution >= 0.6 is 0 Å². The third-order valence-corrected chi connectivity index (χ3v) is 2.60. The van der Waals surface area contributed by atoms with E-state index in [0.717, 1.165) is 5.84 Å². The standard InChI is InChI=1S/C9H13N3O2/c1-6-10-5-7(13)8-9(14)11(2)3-4-12(6)8/h13H,3-5H2,1-2H3. The lowest BCUT2D eigenvalue weighted by atomic mass is 10.2. The van der Waals surface area contributed by atoms with E-state index in [2.05, 4.69) is 4.99 Å². The van der Waals surface area contributed by atoms with E-state index in [1.165, 1.54) is 0 Å². The lowest BCUT2D eigenvalue weighted by Gasteiger charge is -2.37. The number of carbonyl (C=O) groups excluding carboxylic acids is 1. The topological polar surface area (TPSA) is 56.1 Å². The van der Waals surface area contributed by atoms with Crippen LogP contribution < -0.4 is 0 Å². The molecule has 0 saturated carbocycles. The predicted molar refractivity (Wildman–Crippen MR) is 52.0 cm³/mol. The van der Waals surface area contributed by atoms with Crippen molar-refractivity contribution >= 4 is 11.7 Å². The molecule has 14 heavy (non-hydrogen) atoms. The molecule has 5 heteroatoms. The molecule has 0 atom stereocenters. The van der Waals surface area contributed by atoms with Crippen LogP contribution in [-0.4, -0.2) is 53.3 Å². The number of fused-ring (bicyclic) bond motifs is 1. The smallest absolute Gasteiger partial charge is 0.273 e. The number of likely N-dealkylation sites (N-methyl/N-ethyl adjacent to an activating group) is 1. The number of hydrogen-bond donors (Lipinski definition) is 1. The van der Waals surface area contributed by atoms with Gasteiger partial charge in [-0.3, -0.25) is 9.79 Å².